The van der Waals surface area contributed by atoms with Crippen LogP contribution in [0.5, 0.6) is 0 Å². The van der Waals surface area contributed by atoms with Gasteiger partial charge in [-0.2, -0.15) is 0 Å². The molecule has 0 aliphatic carbocycles. The maximum absolute atomic E-state index is 12.7. The molecule has 3 aromatic rings. The van der Waals surface area contributed by atoms with Gasteiger partial charge in [0.25, 0.3) is 5.56 Å². The maximum atomic E-state index is 12.7. The van der Waals surface area contributed by atoms with Crippen molar-refractivity contribution >= 4 is 22.0 Å². The van der Waals surface area contributed by atoms with E-state index >= 15 is 0 Å². The summed E-state index contributed by atoms with van der Waals surface area (Å²) in [6.07, 6.45) is 0.350. The molecule has 37 heavy (non-hydrogen) atoms. The van der Waals surface area contributed by atoms with Gasteiger partial charge in [-0.3, -0.25) is 14.3 Å². The van der Waals surface area contributed by atoms with Gasteiger partial charge >= 0.3 is 5.69 Å². The number of aromatic nitrogens is 2. The lowest BCUT2D eigenvalue weighted by atomic mass is 10.1. The predicted octanol–water partition coefficient (Wildman–Crippen LogP) is 4.28. The molecule has 1 N–H and O–H groups in total. The van der Waals surface area contributed by atoms with E-state index in [0.29, 0.717) is 12.0 Å². The van der Waals surface area contributed by atoms with E-state index in [0.717, 1.165) is 11.1 Å². The molecule has 2 heterocycles. The molecule has 0 radical (unpaired) electrons. The molecule has 0 saturated carbocycles. The molecular formula is C27H29BrN2O7. The molecule has 1 fully saturated rings. The zero-order chi connectivity index (χ0) is 26.2. The Bertz CT molecular complexity index is 1280. The van der Waals surface area contributed by atoms with Crippen LogP contribution in [0.1, 0.15) is 41.9 Å². The van der Waals surface area contributed by atoms with Crippen LogP contribution >= 0.6 is 15.9 Å². The number of ether oxygens (including phenoxy) is 5. The third-order valence-electron chi connectivity index (χ3n) is 6.01. The topological polar surface area (TPSA) is 101 Å². The molecular weight excluding hydrogens is 544 g/mol. The number of benzene rings is 2. The minimum Gasteiger partial charge on any atom is -0.352 e. The Morgan fingerprint density at radius 3 is 2.24 bits per heavy atom. The molecule has 2 unspecified atom stereocenters. The zero-order valence-corrected chi connectivity index (χ0v) is 22.1. The number of aromatic amines is 1. The fraction of sp³-hybridized carbons (Fsp3) is 0.333. The summed E-state index contributed by atoms with van der Waals surface area (Å²) in [6, 6.07) is 19.1. The maximum Gasteiger partial charge on any atom is 0.330 e. The van der Waals surface area contributed by atoms with Gasteiger partial charge in [-0.05, 0) is 11.1 Å². The normalized spacial score (nSPS) is 21.3. The molecule has 10 heteroatoms. The van der Waals surface area contributed by atoms with Gasteiger partial charge in [0.15, 0.2) is 12.6 Å². The summed E-state index contributed by atoms with van der Waals surface area (Å²) >= 11 is 3.17. The van der Waals surface area contributed by atoms with E-state index in [1.165, 1.54) is 10.8 Å². The molecule has 196 valence electrons. The van der Waals surface area contributed by atoms with Gasteiger partial charge in [0.2, 0.25) is 0 Å². The molecule has 1 aromatic heterocycles. The molecule has 0 spiro atoms. The minimum atomic E-state index is -0.698. The largest absolute Gasteiger partial charge is 0.352 e. The molecule has 9 nitrogen and oxygen atoms in total. The van der Waals surface area contributed by atoms with Crippen molar-refractivity contribution in [3.05, 3.63) is 109 Å². The lowest BCUT2D eigenvalue weighted by molar-refractivity contribution is -0.196. The van der Waals surface area contributed by atoms with Crippen LogP contribution in [0.3, 0.4) is 0 Å². The van der Waals surface area contributed by atoms with Crippen molar-refractivity contribution in [1.29, 1.82) is 0 Å². The molecule has 0 bridgehead atoms. The minimum absolute atomic E-state index is 0.131. The highest BCUT2D eigenvalue weighted by Gasteiger charge is 2.40. The Morgan fingerprint density at radius 1 is 1.03 bits per heavy atom. The van der Waals surface area contributed by atoms with Gasteiger partial charge in [-0.25, -0.2) is 4.79 Å². The predicted molar refractivity (Wildman–Crippen MR) is 141 cm³/mol. The second kappa shape index (κ2) is 13.1. The lowest BCUT2D eigenvalue weighted by Crippen LogP contribution is -2.33. The molecule has 0 amide bonds. The van der Waals surface area contributed by atoms with Gasteiger partial charge in [0, 0.05) is 38.0 Å². The van der Waals surface area contributed by atoms with Gasteiger partial charge in [0.05, 0.1) is 18.3 Å². The number of nitrogens with one attached hydrogen (secondary N) is 1. The first kappa shape index (κ1) is 27.2. The van der Waals surface area contributed by atoms with Crippen LogP contribution in [-0.2, 0) is 23.7 Å². The summed E-state index contributed by atoms with van der Waals surface area (Å²) in [5.74, 6) is 0. The Hall–Kier alpha value is -2.86. The molecule has 1 aliphatic rings. The van der Waals surface area contributed by atoms with Crippen molar-refractivity contribution in [2.75, 3.05) is 20.8 Å². The van der Waals surface area contributed by atoms with Crippen LogP contribution in [-0.4, -0.2) is 42.6 Å². The monoisotopic (exact) mass is 572 g/mol. The van der Waals surface area contributed by atoms with Crippen LogP contribution in [0, 0.1) is 0 Å². The van der Waals surface area contributed by atoms with Crippen molar-refractivity contribution in [1.82, 2.24) is 9.55 Å². The number of H-pyrrole nitrogens is 1. The Balaban J connectivity index is 1.59. The van der Waals surface area contributed by atoms with Crippen LogP contribution in [0.4, 0.5) is 0 Å². The third kappa shape index (κ3) is 6.72. The average Bonchev–Trinajstić information content (AvgIpc) is 3.32. The number of halogens is 1. The van der Waals surface area contributed by atoms with E-state index < -0.39 is 42.3 Å². The Morgan fingerprint density at radius 2 is 1.65 bits per heavy atom. The summed E-state index contributed by atoms with van der Waals surface area (Å²) in [5, 5.41) is 0. The average molecular weight is 573 g/mol. The quantitative estimate of drug-likeness (QED) is 0.342. The van der Waals surface area contributed by atoms with Gasteiger partial charge in [-0.15, -0.1) is 0 Å². The first-order chi connectivity index (χ1) is 18.0. The molecule has 2 aromatic carbocycles. The summed E-state index contributed by atoms with van der Waals surface area (Å²) in [5.41, 5.74) is 0.946. The summed E-state index contributed by atoms with van der Waals surface area (Å²) in [4.78, 5) is 28.7. The summed E-state index contributed by atoms with van der Waals surface area (Å²) in [6.45, 7) is 0.131. The Labute approximate surface area is 222 Å². The summed E-state index contributed by atoms with van der Waals surface area (Å²) in [7, 11) is 3.14. The van der Waals surface area contributed by atoms with Gasteiger partial charge in [-0.1, -0.05) is 76.6 Å². The highest BCUT2D eigenvalue weighted by Crippen LogP contribution is 2.34. The van der Waals surface area contributed by atoms with Crippen molar-refractivity contribution in [3.8, 4) is 0 Å². The van der Waals surface area contributed by atoms with Crippen LogP contribution in [0.25, 0.3) is 6.08 Å². The third-order valence-corrected chi connectivity index (χ3v) is 6.27. The SMILES string of the molecule is COC(OC[C@H]1O[C@@H](n2cc(/C=C/Br)c(=O)[nH]c2=O)C[C@@H]1OC(OC)c1ccccc1)c1ccccc1. The lowest BCUT2D eigenvalue weighted by Gasteiger charge is -2.26. The van der Waals surface area contributed by atoms with Crippen molar-refractivity contribution in [2.24, 2.45) is 0 Å². The zero-order valence-electron chi connectivity index (χ0n) is 20.5. The van der Waals surface area contributed by atoms with E-state index in [1.54, 1.807) is 25.3 Å². The Kier molecular flexibility index (Phi) is 9.62. The first-order valence-corrected chi connectivity index (χ1v) is 12.7. The standard InChI is InChI=1S/C27H29BrN2O7/c1-33-25(18-9-5-3-6-10-18)35-17-22-21(37-26(34-2)19-11-7-4-8-12-19)15-23(36-22)30-16-20(13-14-28)24(31)29-27(30)32/h3-14,16,21-23,25-26H,15,17H2,1-2H3,(H,29,31,32)/b14-13+/t21-,22+,23+,25?,26?/m0/s1. The van der Waals surface area contributed by atoms with Gasteiger partial charge < -0.3 is 23.7 Å². The van der Waals surface area contributed by atoms with E-state index in [9.17, 15) is 9.59 Å². The highest BCUT2D eigenvalue weighted by molar-refractivity contribution is 9.11. The smallest absolute Gasteiger partial charge is 0.330 e. The number of nitrogens with zero attached hydrogens (tertiary/aromatic N) is 1. The van der Waals surface area contributed by atoms with Crippen molar-refractivity contribution < 1.29 is 23.7 Å². The molecule has 5 atom stereocenters. The number of hydrogen-bond donors (Lipinski definition) is 1. The number of hydrogen-bond acceptors (Lipinski definition) is 7. The van der Waals surface area contributed by atoms with E-state index in [1.807, 2.05) is 60.7 Å². The van der Waals surface area contributed by atoms with Crippen LogP contribution < -0.4 is 11.2 Å². The highest BCUT2D eigenvalue weighted by atomic mass is 79.9. The summed E-state index contributed by atoms with van der Waals surface area (Å²) < 4.78 is 31.2. The fourth-order valence-corrected chi connectivity index (χ4v) is 4.48. The van der Waals surface area contributed by atoms with E-state index in [-0.39, 0.29) is 6.61 Å². The van der Waals surface area contributed by atoms with Crippen molar-refractivity contribution in [2.45, 2.75) is 37.4 Å². The second-order valence-electron chi connectivity index (χ2n) is 8.37. The molecule has 1 saturated heterocycles. The van der Waals surface area contributed by atoms with E-state index in [2.05, 4.69) is 20.9 Å². The number of rotatable bonds is 11. The van der Waals surface area contributed by atoms with Crippen LogP contribution in [0.2, 0.25) is 0 Å². The second-order valence-corrected chi connectivity index (χ2v) is 8.90. The first-order valence-electron chi connectivity index (χ1n) is 11.7. The molecule has 1 aliphatic heterocycles. The van der Waals surface area contributed by atoms with E-state index in [4.69, 9.17) is 23.7 Å². The van der Waals surface area contributed by atoms with Crippen LogP contribution in [0.15, 0.2) is 81.4 Å². The number of methoxy groups -OCH3 is 2. The van der Waals surface area contributed by atoms with Gasteiger partial charge in [0.1, 0.15) is 12.3 Å². The molecule has 4 rings (SSSR count). The fourth-order valence-electron chi connectivity index (χ4n) is 4.20. The van der Waals surface area contributed by atoms with Crippen molar-refractivity contribution in [3.63, 3.8) is 0 Å².